The number of carbonyl (C=O) groups is 2. The summed E-state index contributed by atoms with van der Waals surface area (Å²) in [5.74, 6) is -0.516. The fourth-order valence-electron chi connectivity index (χ4n) is 2.54. The number of amides is 3. The number of benzene rings is 1. The van der Waals surface area contributed by atoms with Crippen molar-refractivity contribution in [3.05, 3.63) is 29.3 Å². The Kier molecular flexibility index (Phi) is 4.80. The molecule has 0 aliphatic heterocycles. The predicted molar refractivity (Wildman–Crippen MR) is 80.1 cm³/mol. The minimum atomic E-state index is -0.516. The maximum atomic E-state index is 11.9. The third-order valence-electron chi connectivity index (χ3n) is 3.79. The molecule has 0 spiro atoms. The molecule has 0 radical (unpaired) electrons. The van der Waals surface area contributed by atoms with Crippen molar-refractivity contribution in [3.63, 3.8) is 0 Å². The molecule has 6 heteroatoms. The Bertz CT molecular complexity index is 537. The van der Waals surface area contributed by atoms with E-state index in [-0.39, 0.29) is 18.2 Å². The molecule has 1 aromatic carbocycles. The second-order valence-corrected chi connectivity index (χ2v) is 5.50. The number of nitrogens with one attached hydrogen (secondary N) is 2. The van der Waals surface area contributed by atoms with Crippen molar-refractivity contribution in [3.8, 4) is 0 Å². The predicted octanol–water partition coefficient (Wildman–Crippen LogP) is 1.52. The summed E-state index contributed by atoms with van der Waals surface area (Å²) in [6.07, 6.45) is 2.72. The molecule has 3 amide bonds. The Hall–Kier alpha value is -2.08. The van der Waals surface area contributed by atoms with Gasteiger partial charge in [-0.25, -0.2) is 4.79 Å². The lowest BCUT2D eigenvalue weighted by Crippen LogP contribution is -2.40. The van der Waals surface area contributed by atoms with Gasteiger partial charge in [-0.3, -0.25) is 4.79 Å². The van der Waals surface area contributed by atoms with Crippen LogP contribution in [0.4, 0.5) is 10.5 Å². The highest BCUT2D eigenvalue weighted by Gasteiger charge is 2.20. The highest BCUT2D eigenvalue weighted by Crippen LogP contribution is 2.19. The van der Waals surface area contributed by atoms with Crippen LogP contribution in [-0.2, 0) is 0 Å². The SMILES string of the molecule is Cc1ccc(NC(=O)NC2CCC(O)CC2)cc1C(N)=O. The number of urea groups is 1. The quantitative estimate of drug-likeness (QED) is 0.678. The van der Waals surface area contributed by atoms with Gasteiger partial charge in [0.05, 0.1) is 6.10 Å². The molecule has 1 aliphatic rings. The number of aryl methyl sites for hydroxylation is 1. The van der Waals surface area contributed by atoms with Gasteiger partial charge in [-0.15, -0.1) is 0 Å². The van der Waals surface area contributed by atoms with Gasteiger partial charge in [0, 0.05) is 17.3 Å². The maximum absolute atomic E-state index is 11.9. The van der Waals surface area contributed by atoms with Crippen molar-refractivity contribution in [2.45, 2.75) is 44.8 Å². The molecule has 1 saturated carbocycles. The monoisotopic (exact) mass is 291 g/mol. The number of rotatable bonds is 3. The first-order chi connectivity index (χ1) is 9.95. The number of carbonyl (C=O) groups excluding carboxylic acids is 2. The minimum Gasteiger partial charge on any atom is -0.393 e. The third kappa shape index (κ3) is 4.19. The first-order valence-electron chi connectivity index (χ1n) is 7.11. The van der Waals surface area contributed by atoms with E-state index in [1.165, 1.54) is 0 Å². The van der Waals surface area contributed by atoms with E-state index in [2.05, 4.69) is 10.6 Å². The Labute approximate surface area is 123 Å². The van der Waals surface area contributed by atoms with Crippen LogP contribution in [0.25, 0.3) is 0 Å². The number of aliphatic hydroxyl groups is 1. The molecule has 1 aliphatic carbocycles. The van der Waals surface area contributed by atoms with Crippen molar-refractivity contribution >= 4 is 17.6 Å². The molecule has 0 bridgehead atoms. The Morgan fingerprint density at radius 2 is 1.90 bits per heavy atom. The van der Waals surface area contributed by atoms with Crippen molar-refractivity contribution in [1.82, 2.24) is 5.32 Å². The lowest BCUT2D eigenvalue weighted by Gasteiger charge is -2.26. The van der Waals surface area contributed by atoms with Crippen LogP contribution >= 0.6 is 0 Å². The van der Waals surface area contributed by atoms with Crippen LogP contribution < -0.4 is 16.4 Å². The normalized spacial score (nSPS) is 21.6. The van der Waals surface area contributed by atoms with E-state index in [9.17, 15) is 14.7 Å². The number of anilines is 1. The summed E-state index contributed by atoms with van der Waals surface area (Å²) < 4.78 is 0. The number of hydrogen-bond acceptors (Lipinski definition) is 3. The lowest BCUT2D eigenvalue weighted by atomic mass is 9.93. The smallest absolute Gasteiger partial charge is 0.319 e. The Morgan fingerprint density at radius 1 is 1.24 bits per heavy atom. The molecule has 0 aromatic heterocycles. The van der Waals surface area contributed by atoms with Crippen LogP contribution in [0.5, 0.6) is 0 Å². The van der Waals surface area contributed by atoms with Gasteiger partial charge in [-0.1, -0.05) is 6.07 Å². The van der Waals surface area contributed by atoms with Gasteiger partial charge in [0.2, 0.25) is 5.91 Å². The van der Waals surface area contributed by atoms with E-state index in [0.717, 1.165) is 18.4 Å². The van der Waals surface area contributed by atoms with Gasteiger partial charge in [0.25, 0.3) is 0 Å². The molecule has 0 unspecified atom stereocenters. The maximum Gasteiger partial charge on any atom is 0.319 e. The molecule has 1 aromatic rings. The van der Waals surface area contributed by atoms with E-state index in [1.807, 2.05) is 0 Å². The van der Waals surface area contributed by atoms with E-state index in [0.29, 0.717) is 24.1 Å². The highest BCUT2D eigenvalue weighted by molar-refractivity contribution is 5.97. The molecule has 114 valence electrons. The van der Waals surface area contributed by atoms with Gasteiger partial charge in [0.1, 0.15) is 0 Å². The molecular formula is C15H21N3O3. The Morgan fingerprint density at radius 3 is 2.52 bits per heavy atom. The summed E-state index contributed by atoms with van der Waals surface area (Å²) in [6, 6.07) is 4.81. The summed E-state index contributed by atoms with van der Waals surface area (Å²) in [7, 11) is 0. The van der Waals surface area contributed by atoms with Crippen LogP contribution in [0.15, 0.2) is 18.2 Å². The summed E-state index contributed by atoms with van der Waals surface area (Å²) in [5, 5.41) is 15.0. The summed E-state index contributed by atoms with van der Waals surface area (Å²) >= 11 is 0. The number of aliphatic hydroxyl groups excluding tert-OH is 1. The van der Waals surface area contributed by atoms with E-state index < -0.39 is 5.91 Å². The third-order valence-corrected chi connectivity index (χ3v) is 3.79. The highest BCUT2D eigenvalue weighted by atomic mass is 16.3. The molecule has 0 heterocycles. The summed E-state index contributed by atoms with van der Waals surface area (Å²) in [5.41, 5.74) is 6.99. The van der Waals surface area contributed by atoms with Gasteiger partial charge in [-0.2, -0.15) is 0 Å². The summed E-state index contributed by atoms with van der Waals surface area (Å²) in [6.45, 7) is 1.79. The zero-order valence-electron chi connectivity index (χ0n) is 12.1. The second kappa shape index (κ2) is 6.58. The topological polar surface area (TPSA) is 104 Å². The van der Waals surface area contributed by atoms with Gasteiger partial charge in [-0.05, 0) is 50.3 Å². The molecule has 1 fully saturated rings. The molecule has 2 rings (SSSR count). The van der Waals surface area contributed by atoms with Crippen LogP contribution in [0.2, 0.25) is 0 Å². The molecule has 0 atom stereocenters. The molecule has 6 nitrogen and oxygen atoms in total. The molecular weight excluding hydrogens is 270 g/mol. The second-order valence-electron chi connectivity index (χ2n) is 5.50. The fourth-order valence-corrected chi connectivity index (χ4v) is 2.54. The van der Waals surface area contributed by atoms with Crippen molar-refractivity contribution in [2.75, 3.05) is 5.32 Å². The first-order valence-corrected chi connectivity index (χ1v) is 7.11. The lowest BCUT2D eigenvalue weighted by molar-refractivity contribution is 0.0999. The fraction of sp³-hybridized carbons (Fsp3) is 0.467. The zero-order valence-corrected chi connectivity index (χ0v) is 12.1. The van der Waals surface area contributed by atoms with Gasteiger partial charge >= 0.3 is 6.03 Å². The minimum absolute atomic E-state index is 0.0782. The van der Waals surface area contributed by atoms with Crippen LogP contribution in [0.3, 0.4) is 0 Å². The number of primary amides is 1. The molecule has 0 saturated heterocycles. The standard InChI is InChI=1S/C15H21N3O3/c1-9-2-3-11(8-13(9)14(16)20)18-15(21)17-10-4-6-12(19)7-5-10/h2-3,8,10,12,19H,4-7H2,1H3,(H2,16,20)(H2,17,18,21). The van der Waals surface area contributed by atoms with Crippen molar-refractivity contribution in [1.29, 1.82) is 0 Å². The number of hydrogen-bond donors (Lipinski definition) is 4. The van der Waals surface area contributed by atoms with Gasteiger partial charge in [0.15, 0.2) is 0 Å². The van der Waals surface area contributed by atoms with E-state index >= 15 is 0 Å². The van der Waals surface area contributed by atoms with Crippen LogP contribution in [-0.4, -0.2) is 29.2 Å². The van der Waals surface area contributed by atoms with E-state index in [1.54, 1.807) is 25.1 Å². The van der Waals surface area contributed by atoms with Crippen LogP contribution in [0.1, 0.15) is 41.6 Å². The number of nitrogens with two attached hydrogens (primary N) is 1. The molecule has 21 heavy (non-hydrogen) atoms. The Balaban J connectivity index is 1.93. The average molecular weight is 291 g/mol. The van der Waals surface area contributed by atoms with Crippen molar-refractivity contribution in [2.24, 2.45) is 5.73 Å². The van der Waals surface area contributed by atoms with Gasteiger partial charge < -0.3 is 21.5 Å². The van der Waals surface area contributed by atoms with Crippen molar-refractivity contribution < 1.29 is 14.7 Å². The zero-order chi connectivity index (χ0) is 15.4. The summed E-state index contributed by atoms with van der Waals surface area (Å²) in [4.78, 5) is 23.2. The average Bonchev–Trinajstić information content (AvgIpc) is 2.43. The largest absolute Gasteiger partial charge is 0.393 e. The van der Waals surface area contributed by atoms with E-state index in [4.69, 9.17) is 5.73 Å². The van der Waals surface area contributed by atoms with Crippen LogP contribution in [0, 0.1) is 6.92 Å². The first kappa shape index (κ1) is 15.3. The molecule has 5 N–H and O–H groups in total.